The van der Waals surface area contributed by atoms with Gasteiger partial charge in [0.05, 0.1) is 25.1 Å². The summed E-state index contributed by atoms with van der Waals surface area (Å²) in [6.07, 6.45) is 0. The number of para-hydroxylation sites is 1. The lowest BCUT2D eigenvalue weighted by Gasteiger charge is -2.12. The minimum atomic E-state index is -0.836. The first-order valence-electron chi connectivity index (χ1n) is 8.60. The molecule has 1 N–H and O–H groups in total. The van der Waals surface area contributed by atoms with Crippen LogP contribution in [0.3, 0.4) is 0 Å². The average molecular weight is 394 g/mol. The van der Waals surface area contributed by atoms with Gasteiger partial charge < -0.3 is 14.5 Å². The molecule has 7 nitrogen and oxygen atoms in total. The fraction of sp³-hybridized carbons (Fsp3) is 0.0952. The summed E-state index contributed by atoms with van der Waals surface area (Å²) in [6, 6.07) is 12.6. The molecule has 0 spiro atoms. The number of hydrogen-bond donors (Lipinski definition) is 1. The van der Waals surface area contributed by atoms with Crippen LogP contribution in [-0.2, 0) is 9.47 Å². The maximum absolute atomic E-state index is 14.1. The van der Waals surface area contributed by atoms with Gasteiger partial charge in [-0.3, -0.25) is 9.36 Å². The first-order valence-corrected chi connectivity index (χ1v) is 8.60. The Morgan fingerprint density at radius 3 is 2.17 bits per heavy atom. The average Bonchev–Trinajstić information content (AvgIpc) is 3.15. The van der Waals surface area contributed by atoms with E-state index in [1.165, 1.54) is 29.9 Å². The summed E-state index contributed by atoms with van der Waals surface area (Å²) in [4.78, 5) is 40.8. The number of hydrogen-bond acceptors (Lipinski definition) is 5. The highest BCUT2D eigenvalue weighted by atomic mass is 19.1. The standard InChI is InChI=1S/C21H15FN2O5/c1-28-20(26)17-15-13-10-11(22)8-9-14(13)24(12-6-4-3-5-7-12)19(25)16(15)18(23-17)21(27)29-2/h3-10,23H,1-2H3. The number of pyridine rings is 1. The van der Waals surface area contributed by atoms with Crippen molar-refractivity contribution in [2.45, 2.75) is 0 Å². The molecule has 0 unspecified atom stereocenters. The second-order valence-electron chi connectivity index (χ2n) is 6.25. The number of rotatable bonds is 3. The summed E-state index contributed by atoms with van der Waals surface area (Å²) in [5, 5.41) is 0.290. The number of benzene rings is 2. The maximum atomic E-state index is 14.1. The van der Waals surface area contributed by atoms with Crippen LogP contribution in [0, 0.1) is 5.82 Å². The molecule has 4 rings (SSSR count). The van der Waals surface area contributed by atoms with Gasteiger partial charge in [-0.2, -0.15) is 0 Å². The van der Waals surface area contributed by atoms with Crippen molar-refractivity contribution in [1.82, 2.24) is 9.55 Å². The van der Waals surface area contributed by atoms with Gasteiger partial charge in [0.25, 0.3) is 5.56 Å². The molecule has 2 heterocycles. The summed E-state index contributed by atoms with van der Waals surface area (Å²) in [5.41, 5.74) is -0.0000221. The summed E-state index contributed by atoms with van der Waals surface area (Å²) < 4.78 is 25.0. The lowest BCUT2D eigenvalue weighted by molar-refractivity contribution is 0.0592. The highest BCUT2D eigenvalue weighted by Crippen LogP contribution is 2.31. The van der Waals surface area contributed by atoms with Gasteiger partial charge in [0, 0.05) is 16.5 Å². The predicted octanol–water partition coefficient (Wildman–Crippen LogP) is 3.18. The second-order valence-corrected chi connectivity index (χ2v) is 6.25. The molecular formula is C21H15FN2O5. The van der Waals surface area contributed by atoms with E-state index in [0.29, 0.717) is 11.2 Å². The monoisotopic (exact) mass is 394 g/mol. The molecule has 146 valence electrons. The Hall–Kier alpha value is -3.94. The fourth-order valence-electron chi connectivity index (χ4n) is 3.45. The van der Waals surface area contributed by atoms with Gasteiger partial charge >= 0.3 is 11.9 Å². The zero-order chi connectivity index (χ0) is 20.7. The van der Waals surface area contributed by atoms with Crippen molar-refractivity contribution in [2.75, 3.05) is 14.2 Å². The van der Waals surface area contributed by atoms with E-state index >= 15 is 0 Å². The number of aromatic nitrogens is 2. The van der Waals surface area contributed by atoms with Crippen LogP contribution in [0.2, 0.25) is 0 Å². The molecule has 0 saturated heterocycles. The van der Waals surface area contributed by atoms with Crippen LogP contribution in [0.25, 0.3) is 27.4 Å². The number of aromatic amines is 1. The predicted molar refractivity (Wildman–Crippen MR) is 104 cm³/mol. The topological polar surface area (TPSA) is 90.4 Å². The van der Waals surface area contributed by atoms with Crippen LogP contribution in [0.5, 0.6) is 0 Å². The maximum Gasteiger partial charge on any atom is 0.355 e. The Bertz CT molecular complexity index is 1340. The Balaban J connectivity index is 2.30. The number of methoxy groups -OCH3 is 2. The molecule has 0 aliphatic heterocycles. The van der Waals surface area contributed by atoms with E-state index in [1.54, 1.807) is 30.3 Å². The Morgan fingerprint density at radius 1 is 0.931 bits per heavy atom. The summed E-state index contributed by atoms with van der Waals surface area (Å²) >= 11 is 0. The molecular weight excluding hydrogens is 379 g/mol. The van der Waals surface area contributed by atoms with E-state index in [9.17, 15) is 18.8 Å². The van der Waals surface area contributed by atoms with Gasteiger partial charge in [-0.15, -0.1) is 0 Å². The fourth-order valence-corrected chi connectivity index (χ4v) is 3.45. The summed E-state index contributed by atoms with van der Waals surface area (Å²) in [6.45, 7) is 0. The molecule has 8 heteroatoms. The number of H-pyrrole nitrogens is 1. The van der Waals surface area contributed by atoms with Crippen LogP contribution in [0.1, 0.15) is 21.0 Å². The zero-order valence-corrected chi connectivity index (χ0v) is 15.5. The molecule has 0 atom stereocenters. The Morgan fingerprint density at radius 2 is 1.55 bits per heavy atom. The number of ether oxygens (including phenoxy) is 2. The molecule has 0 aliphatic rings. The Kier molecular flexibility index (Phi) is 4.38. The summed E-state index contributed by atoms with van der Waals surface area (Å²) in [7, 11) is 2.32. The normalized spacial score (nSPS) is 11.0. The number of carbonyl (C=O) groups excluding carboxylic acids is 2. The van der Waals surface area contributed by atoms with Gasteiger partial charge in [0.1, 0.15) is 17.2 Å². The second kappa shape index (κ2) is 6.90. The molecule has 0 aliphatic carbocycles. The van der Waals surface area contributed by atoms with Crippen LogP contribution in [-0.4, -0.2) is 35.7 Å². The molecule has 0 saturated carbocycles. The van der Waals surface area contributed by atoms with Crippen LogP contribution in [0.15, 0.2) is 53.3 Å². The highest BCUT2D eigenvalue weighted by Gasteiger charge is 2.27. The minimum Gasteiger partial charge on any atom is -0.464 e. The third-order valence-electron chi connectivity index (χ3n) is 4.68. The number of fused-ring (bicyclic) bond motifs is 3. The van der Waals surface area contributed by atoms with Crippen LogP contribution < -0.4 is 5.56 Å². The van der Waals surface area contributed by atoms with Crippen molar-refractivity contribution < 1.29 is 23.5 Å². The van der Waals surface area contributed by atoms with Gasteiger partial charge in [-0.25, -0.2) is 14.0 Å². The van der Waals surface area contributed by atoms with Gasteiger partial charge in [0.2, 0.25) is 0 Å². The number of esters is 2. The van der Waals surface area contributed by atoms with Crippen molar-refractivity contribution in [3.05, 3.63) is 76.1 Å². The molecule has 2 aromatic heterocycles. The van der Waals surface area contributed by atoms with Crippen molar-refractivity contribution in [2.24, 2.45) is 0 Å². The number of halogens is 1. The van der Waals surface area contributed by atoms with E-state index in [2.05, 4.69) is 4.98 Å². The molecule has 4 aromatic rings. The van der Waals surface area contributed by atoms with Gasteiger partial charge in [-0.1, -0.05) is 18.2 Å². The smallest absolute Gasteiger partial charge is 0.355 e. The van der Waals surface area contributed by atoms with E-state index < -0.39 is 23.3 Å². The Labute approximate surface area is 163 Å². The largest absolute Gasteiger partial charge is 0.464 e. The van der Waals surface area contributed by atoms with E-state index in [4.69, 9.17) is 9.47 Å². The SMILES string of the molecule is COC(=O)c1[nH]c(C(=O)OC)c2c1c(=O)n(-c1ccccc1)c1ccc(F)cc21. The van der Waals surface area contributed by atoms with Gasteiger partial charge in [0.15, 0.2) is 0 Å². The summed E-state index contributed by atoms with van der Waals surface area (Å²) in [5.74, 6) is -2.20. The number of nitrogens with one attached hydrogen (secondary N) is 1. The quantitative estimate of drug-likeness (QED) is 0.539. The molecule has 2 aromatic carbocycles. The van der Waals surface area contributed by atoms with Crippen molar-refractivity contribution >= 4 is 33.6 Å². The van der Waals surface area contributed by atoms with Crippen LogP contribution in [0.4, 0.5) is 4.39 Å². The van der Waals surface area contributed by atoms with Crippen molar-refractivity contribution in [1.29, 1.82) is 0 Å². The minimum absolute atomic E-state index is 0.0841. The number of nitrogens with zero attached hydrogens (tertiary/aromatic N) is 1. The molecule has 0 bridgehead atoms. The molecule has 29 heavy (non-hydrogen) atoms. The third-order valence-corrected chi connectivity index (χ3v) is 4.68. The lowest BCUT2D eigenvalue weighted by atomic mass is 10.1. The van der Waals surface area contributed by atoms with Crippen molar-refractivity contribution in [3.8, 4) is 5.69 Å². The van der Waals surface area contributed by atoms with Crippen LogP contribution >= 0.6 is 0 Å². The first kappa shape index (κ1) is 18.4. The highest BCUT2D eigenvalue weighted by molar-refractivity contribution is 6.20. The van der Waals surface area contributed by atoms with E-state index in [1.807, 2.05) is 0 Å². The van der Waals surface area contributed by atoms with E-state index in [0.717, 1.165) is 7.11 Å². The molecule has 0 amide bonds. The molecule has 0 fully saturated rings. The lowest BCUT2D eigenvalue weighted by Crippen LogP contribution is -2.20. The van der Waals surface area contributed by atoms with Crippen molar-refractivity contribution in [3.63, 3.8) is 0 Å². The third kappa shape index (κ3) is 2.77. The number of carbonyl (C=O) groups is 2. The first-order chi connectivity index (χ1) is 14.0. The zero-order valence-electron chi connectivity index (χ0n) is 15.5. The molecule has 0 radical (unpaired) electrons. The van der Waals surface area contributed by atoms with Gasteiger partial charge in [-0.05, 0) is 30.3 Å². The van der Waals surface area contributed by atoms with E-state index in [-0.39, 0.29) is 27.5 Å².